The Bertz CT molecular complexity index is 1660. The van der Waals surface area contributed by atoms with Gasteiger partial charge < -0.3 is 15.3 Å². The summed E-state index contributed by atoms with van der Waals surface area (Å²) in [6, 6.07) is 14.6. The quantitative estimate of drug-likeness (QED) is 0.306. The van der Waals surface area contributed by atoms with Gasteiger partial charge in [0.1, 0.15) is 21.3 Å². The van der Waals surface area contributed by atoms with Gasteiger partial charge in [-0.2, -0.15) is 0 Å². The minimum Gasteiger partial charge on any atom is -0.465 e. The molecule has 4 aromatic rings. The topological polar surface area (TPSA) is 94.9 Å². The first kappa shape index (κ1) is 27.3. The molecule has 40 heavy (non-hydrogen) atoms. The van der Waals surface area contributed by atoms with E-state index >= 15 is 0 Å². The van der Waals surface area contributed by atoms with Crippen LogP contribution in [-0.4, -0.2) is 56.1 Å². The van der Waals surface area contributed by atoms with E-state index in [4.69, 9.17) is 0 Å². The molecule has 0 radical (unpaired) electrons. The van der Waals surface area contributed by atoms with E-state index in [1.54, 1.807) is 56.0 Å². The van der Waals surface area contributed by atoms with Gasteiger partial charge >= 0.3 is 6.09 Å². The van der Waals surface area contributed by atoms with Gasteiger partial charge in [0.05, 0.1) is 23.1 Å². The lowest BCUT2D eigenvalue weighted by molar-refractivity contribution is 0.0652. The van der Waals surface area contributed by atoms with Crippen molar-refractivity contribution < 1.29 is 23.5 Å². The molecule has 3 heterocycles. The average Bonchev–Trinajstić information content (AvgIpc) is 3.50. The zero-order valence-electron chi connectivity index (χ0n) is 22.1. The van der Waals surface area contributed by atoms with Crippen LogP contribution in [0.1, 0.15) is 36.9 Å². The molecule has 1 aliphatic heterocycles. The number of fused-ring (bicyclic) bond motifs is 1. The highest BCUT2D eigenvalue weighted by atomic mass is 32.1. The molecule has 0 bridgehead atoms. The lowest BCUT2D eigenvalue weighted by Crippen LogP contribution is -2.52. The van der Waals surface area contributed by atoms with E-state index in [0.29, 0.717) is 28.9 Å². The third kappa shape index (κ3) is 5.04. The molecule has 0 unspecified atom stereocenters. The first-order chi connectivity index (χ1) is 19.0. The van der Waals surface area contributed by atoms with Crippen LogP contribution in [0.5, 0.6) is 0 Å². The van der Waals surface area contributed by atoms with Crippen molar-refractivity contribution in [2.45, 2.75) is 38.8 Å². The van der Waals surface area contributed by atoms with E-state index in [-0.39, 0.29) is 34.3 Å². The fraction of sp³-hybridized carbons (Fsp3) is 0.276. The molecule has 208 valence electrons. The van der Waals surface area contributed by atoms with E-state index in [1.807, 2.05) is 6.07 Å². The number of anilines is 2. The summed E-state index contributed by atoms with van der Waals surface area (Å²) in [4.78, 5) is 42.7. The van der Waals surface area contributed by atoms with Crippen LogP contribution in [0.2, 0.25) is 0 Å². The number of hydrogen-bond donors (Lipinski definition) is 2. The molecule has 1 fully saturated rings. The van der Waals surface area contributed by atoms with Crippen LogP contribution in [-0.2, 0) is 0 Å². The van der Waals surface area contributed by atoms with Gasteiger partial charge in [-0.05, 0) is 57.5 Å². The highest BCUT2D eigenvalue weighted by Gasteiger charge is 2.39. The number of halogens is 2. The molecule has 8 nitrogen and oxygen atoms in total. The van der Waals surface area contributed by atoms with Gasteiger partial charge in [-0.1, -0.05) is 18.2 Å². The molecule has 11 heteroatoms. The predicted octanol–water partition coefficient (Wildman–Crippen LogP) is 6.07. The molecule has 5 rings (SSSR count). The minimum absolute atomic E-state index is 0.0308. The Kier molecular flexibility index (Phi) is 7.09. The van der Waals surface area contributed by atoms with Crippen molar-refractivity contribution in [2.24, 2.45) is 0 Å². The summed E-state index contributed by atoms with van der Waals surface area (Å²) in [5.41, 5.74) is -0.110. The van der Waals surface area contributed by atoms with Crippen LogP contribution < -0.4 is 10.9 Å². The molecular formula is C29H28F2N4O4S. The number of likely N-dealkylation sites (tertiary alicyclic amines) is 1. The van der Waals surface area contributed by atoms with Crippen molar-refractivity contribution in [1.82, 2.24) is 14.4 Å². The summed E-state index contributed by atoms with van der Waals surface area (Å²) >= 11 is 1.09. The lowest BCUT2D eigenvalue weighted by atomic mass is 10.0. The molecule has 0 spiro atoms. The third-order valence-electron chi connectivity index (χ3n) is 6.89. The zero-order chi connectivity index (χ0) is 28.8. The van der Waals surface area contributed by atoms with Gasteiger partial charge in [0.25, 0.3) is 11.5 Å². The maximum Gasteiger partial charge on any atom is 0.408 e. The monoisotopic (exact) mass is 566 g/mol. The lowest BCUT2D eigenvalue weighted by Gasteiger charge is -2.37. The van der Waals surface area contributed by atoms with Crippen LogP contribution in [0.3, 0.4) is 0 Å². The van der Waals surface area contributed by atoms with Gasteiger partial charge in [0.15, 0.2) is 0 Å². The van der Waals surface area contributed by atoms with Crippen LogP contribution in [0.4, 0.5) is 25.0 Å². The van der Waals surface area contributed by atoms with Gasteiger partial charge in [0.2, 0.25) is 0 Å². The van der Waals surface area contributed by atoms with Crippen LogP contribution >= 0.6 is 11.3 Å². The van der Waals surface area contributed by atoms with E-state index in [9.17, 15) is 28.3 Å². The number of carboxylic acid groups (broad SMARTS) is 1. The van der Waals surface area contributed by atoms with Crippen molar-refractivity contribution in [2.75, 3.05) is 18.4 Å². The number of carbonyl (C=O) groups is 2. The minimum atomic E-state index is -1.06. The number of nitrogens with one attached hydrogen (secondary N) is 1. The maximum atomic E-state index is 14.7. The van der Waals surface area contributed by atoms with Crippen LogP contribution in [0, 0.1) is 11.6 Å². The van der Waals surface area contributed by atoms with Crippen molar-refractivity contribution in [3.05, 3.63) is 87.5 Å². The molecule has 0 aliphatic carbocycles. The number of benzene rings is 2. The second-order valence-electron chi connectivity index (χ2n) is 10.6. The van der Waals surface area contributed by atoms with E-state index in [1.165, 1.54) is 21.6 Å². The van der Waals surface area contributed by atoms with Gasteiger partial charge in [0, 0.05) is 36.1 Å². The van der Waals surface area contributed by atoms with E-state index in [2.05, 4.69) is 5.32 Å². The molecule has 2 amide bonds. The maximum absolute atomic E-state index is 14.7. The Hall–Kier alpha value is -4.25. The van der Waals surface area contributed by atoms with Crippen molar-refractivity contribution in [3.63, 3.8) is 0 Å². The SMILES string of the molecule is CC(C)(C)N(C(=O)O)[C@H]1CCN(C(=O)c2sc3c(ccc(=O)n3-c3ccccc3)c2Nc2ccc(F)cc2F)C1. The molecule has 2 aromatic carbocycles. The number of thiophene rings is 1. The molecule has 2 aromatic heterocycles. The smallest absolute Gasteiger partial charge is 0.408 e. The highest BCUT2D eigenvalue weighted by molar-refractivity contribution is 7.21. The standard InChI is InChI=1S/C29H28F2N4O4S/c1-29(2,3)35(28(38)39)19-13-14-33(16-19)26(37)25-24(32-22-11-9-17(30)15-21(22)31)20-10-12-23(36)34(27(20)40-25)18-7-5-4-6-8-18/h4-12,15,19,32H,13-14,16H2,1-3H3,(H,38,39)/t19-/m0/s1. The molecule has 1 saturated heterocycles. The van der Waals surface area contributed by atoms with Crippen LogP contribution in [0.15, 0.2) is 65.5 Å². The first-order valence-electron chi connectivity index (χ1n) is 12.7. The number of rotatable bonds is 5. The number of carbonyl (C=O) groups excluding carboxylic acids is 1. The van der Waals surface area contributed by atoms with Gasteiger partial charge in [-0.3, -0.25) is 19.1 Å². The fourth-order valence-electron chi connectivity index (χ4n) is 5.18. The fourth-order valence-corrected chi connectivity index (χ4v) is 6.41. The number of amides is 2. The summed E-state index contributed by atoms with van der Waals surface area (Å²) in [6.07, 6.45) is -0.598. The highest BCUT2D eigenvalue weighted by Crippen LogP contribution is 2.40. The molecule has 0 saturated carbocycles. The summed E-state index contributed by atoms with van der Waals surface area (Å²) in [6.45, 7) is 5.93. The predicted molar refractivity (Wildman–Crippen MR) is 151 cm³/mol. The Balaban J connectivity index is 1.62. The van der Waals surface area contributed by atoms with Crippen molar-refractivity contribution >= 4 is 44.9 Å². The molecule has 1 atom stereocenters. The van der Waals surface area contributed by atoms with Gasteiger partial charge in [-0.15, -0.1) is 11.3 Å². The molecule has 1 aliphatic rings. The Morgan fingerprint density at radius 1 is 1.07 bits per heavy atom. The summed E-state index contributed by atoms with van der Waals surface area (Å²) in [7, 11) is 0. The number of hydrogen-bond acceptors (Lipinski definition) is 5. The number of nitrogens with zero attached hydrogens (tertiary/aromatic N) is 3. The largest absolute Gasteiger partial charge is 0.465 e. The Labute approximate surface area is 233 Å². The van der Waals surface area contributed by atoms with Crippen molar-refractivity contribution in [3.8, 4) is 5.69 Å². The zero-order valence-corrected chi connectivity index (χ0v) is 23.0. The summed E-state index contributed by atoms with van der Waals surface area (Å²) < 4.78 is 29.8. The average molecular weight is 567 g/mol. The second-order valence-corrected chi connectivity index (χ2v) is 11.6. The Morgan fingerprint density at radius 2 is 1.80 bits per heavy atom. The Morgan fingerprint density at radius 3 is 2.45 bits per heavy atom. The van der Waals surface area contributed by atoms with E-state index < -0.39 is 29.3 Å². The number of para-hydroxylation sites is 1. The first-order valence-corrected chi connectivity index (χ1v) is 13.5. The second kappa shape index (κ2) is 10.4. The number of aromatic nitrogens is 1. The normalized spacial score (nSPS) is 15.4. The third-order valence-corrected chi connectivity index (χ3v) is 8.06. The number of pyridine rings is 1. The summed E-state index contributed by atoms with van der Waals surface area (Å²) in [5.74, 6) is -1.95. The molecular weight excluding hydrogens is 538 g/mol. The summed E-state index contributed by atoms with van der Waals surface area (Å²) in [5, 5.41) is 13.3. The van der Waals surface area contributed by atoms with Crippen LogP contribution in [0.25, 0.3) is 15.9 Å². The van der Waals surface area contributed by atoms with Crippen molar-refractivity contribution in [1.29, 1.82) is 0 Å². The molecule has 2 N–H and O–H groups in total. The van der Waals surface area contributed by atoms with E-state index in [0.717, 1.165) is 23.5 Å². The van der Waals surface area contributed by atoms with Gasteiger partial charge in [-0.25, -0.2) is 13.6 Å².